The number of likely N-dealkylation sites (tertiary alicyclic amines) is 1. The molecule has 34 rings (SSSR count). The van der Waals surface area contributed by atoms with Gasteiger partial charge in [0.1, 0.15) is 24.3 Å². The summed E-state index contributed by atoms with van der Waals surface area (Å²) in [6, 6.07) is 7.76. The molecule has 4 aliphatic carbocycles. The maximum absolute atomic E-state index is 14.1. The van der Waals surface area contributed by atoms with Crippen LogP contribution in [0.25, 0.3) is 291 Å². The van der Waals surface area contributed by atoms with Crippen molar-refractivity contribution in [2.75, 3.05) is 19.6 Å². The summed E-state index contributed by atoms with van der Waals surface area (Å²) in [6.07, 6.45) is 3.44. The summed E-state index contributed by atoms with van der Waals surface area (Å²) in [6.45, 7) is 10.2. The molecular weight excluding hydrogens is 1140 g/mol. The molecule has 0 bridgehead atoms. The number of nitrogens with one attached hydrogen (secondary N) is 2. The van der Waals surface area contributed by atoms with Crippen LogP contribution in [-0.4, -0.2) is 60.2 Å². The van der Waals surface area contributed by atoms with E-state index in [0.717, 1.165) is 50.9 Å². The first-order valence-electron chi connectivity index (χ1n) is 34.6. The van der Waals surface area contributed by atoms with Crippen LogP contribution < -0.4 is 10.6 Å². The fourth-order valence-corrected chi connectivity index (χ4v) is 28.0. The third kappa shape index (κ3) is 3.02. The molecule has 29 aromatic rings. The second-order valence-corrected chi connectivity index (χ2v) is 33.0. The van der Waals surface area contributed by atoms with E-state index in [1.165, 1.54) is 0 Å². The zero-order valence-electron chi connectivity index (χ0n) is 50.4. The summed E-state index contributed by atoms with van der Waals surface area (Å²) in [7, 11) is 0. The summed E-state index contributed by atoms with van der Waals surface area (Å²) < 4.78 is 11.3. The molecule has 8 heteroatoms. The SMILES string of the molecule is C[C@H](NC(=O)[C@H](CCCCCCN1CC23c4c5c6c7c8c9c(c%10c%11c2c2c4c4c%12c5c5c6c6c8c8c%13c9c9c%10c%10c%11c%11c2c2c4c4c%12c%12c5c5c6c8c6c8c%13c9c9c%10c%10c%11c2c2c4c4c%12c5c6c5c8c9c%10c2c45)C73C1)NC(=O)OC(C)(C)C)C(=O)OCc1ccccc1. The van der Waals surface area contributed by atoms with Gasteiger partial charge in [-0.25, -0.2) is 9.59 Å². The van der Waals surface area contributed by atoms with Crippen molar-refractivity contribution in [1.82, 2.24) is 15.5 Å². The molecule has 1 saturated heterocycles. The molecule has 2 N–H and O–H groups in total. The molecule has 424 valence electrons. The second-order valence-electron chi connectivity index (χ2n) is 33.0. The van der Waals surface area contributed by atoms with Crippen molar-refractivity contribution in [2.45, 2.75) is 94.9 Å². The minimum Gasteiger partial charge on any atom is -0.459 e. The maximum Gasteiger partial charge on any atom is 0.408 e. The van der Waals surface area contributed by atoms with Gasteiger partial charge < -0.3 is 25.0 Å². The number of unbranched alkanes of at least 4 members (excludes halogenated alkanes) is 3. The Balaban J connectivity index is 0.644. The molecule has 1 aliphatic heterocycles. The van der Waals surface area contributed by atoms with Gasteiger partial charge in [0.2, 0.25) is 5.91 Å². The fourth-order valence-electron chi connectivity index (χ4n) is 28.0. The second kappa shape index (κ2) is 11.0. The highest BCUT2D eigenvalue weighted by Crippen LogP contribution is 2.85. The Labute approximate surface area is 518 Å². The zero-order valence-corrected chi connectivity index (χ0v) is 50.4. The van der Waals surface area contributed by atoms with Gasteiger partial charge in [0.15, 0.2) is 0 Å². The van der Waals surface area contributed by atoms with E-state index in [9.17, 15) is 14.4 Å². The Bertz CT molecular complexity index is 7600. The van der Waals surface area contributed by atoms with Crippen LogP contribution in [-0.2, 0) is 36.5 Å². The van der Waals surface area contributed by atoms with E-state index in [4.69, 9.17) is 9.47 Å². The highest BCUT2D eigenvalue weighted by atomic mass is 16.6. The molecule has 29 aromatic carbocycles. The average Bonchev–Trinajstić information content (AvgIpc) is 1.38. The van der Waals surface area contributed by atoms with E-state index in [2.05, 4.69) is 15.5 Å². The smallest absolute Gasteiger partial charge is 0.408 e. The van der Waals surface area contributed by atoms with Crippen molar-refractivity contribution < 1.29 is 23.9 Å². The largest absolute Gasteiger partial charge is 0.459 e. The molecule has 93 heavy (non-hydrogen) atoms. The third-order valence-corrected chi connectivity index (χ3v) is 29.3. The normalized spacial score (nSPS) is 20.8. The highest BCUT2D eigenvalue weighted by molar-refractivity contribution is 6.82. The number of carbonyl (C=O) groups is 3. The number of carbonyl (C=O) groups excluding carboxylic acids is 3. The van der Waals surface area contributed by atoms with Crippen LogP contribution in [0, 0.1) is 0 Å². The van der Waals surface area contributed by atoms with Crippen LogP contribution in [0.4, 0.5) is 4.79 Å². The minimum absolute atomic E-state index is 0.114. The standard InChI is InChI=1S/C85H39N3O5/c1-19(81(90)92-16-20-12-8-7-9-13-20)86-80(89)21(87-82(91)93-83(2,3)4)14-10-5-6-11-15-88-17-84-76-68-60-50-40-32-24-22-23-26-30-28(24)36-44-38(30)48-42-34(26)35-27(23)31-29-25(22)33(32)41-47-37(29)45-39(31)49-43(35)53-52(42)62-56(48)66-58(44)64(54(60)46(36)40)72(76)74(66)78-70(62)71-63(53)57(49)67-59(45)65-55(47)61(51(41)50)69(68)77(84)73(65)75(67)79(71)85(78,84)18-88/h7-9,12-13,19,21H,5-6,10-11,14-18H2,1-4H3,(H,86,89)(H,87,91)/t19-,21-,84?,85?/m0/s1. The van der Waals surface area contributed by atoms with Gasteiger partial charge in [0.05, 0.1) is 10.8 Å². The van der Waals surface area contributed by atoms with Gasteiger partial charge in [-0.2, -0.15) is 0 Å². The van der Waals surface area contributed by atoms with Crippen molar-refractivity contribution in [3.8, 4) is 0 Å². The molecule has 1 heterocycles. The van der Waals surface area contributed by atoms with Crippen LogP contribution in [0.3, 0.4) is 0 Å². The molecule has 0 radical (unpaired) electrons. The molecule has 0 saturated carbocycles. The van der Waals surface area contributed by atoms with Gasteiger partial charge in [-0.15, -0.1) is 0 Å². The van der Waals surface area contributed by atoms with Crippen molar-refractivity contribution in [3.63, 3.8) is 0 Å². The number of nitrogens with zero attached hydrogens (tertiary/aromatic N) is 1. The van der Waals surface area contributed by atoms with Gasteiger partial charge in [-0.1, -0.05) is 49.6 Å². The van der Waals surface area contributed by atoms with Gasteiger partial charge in [0, 0.05) is 13.1 Å². The average molecular weight is 1180 g/mol. The molecule has 1 fully saturated rings. The topological polar surface area (TPSA) is 97.0 Å². The van der Waals surface area contributed by atoms with Crippen molar-refractivity contribution >= 4 is 309 Å². The summed E-state index contributed by atoms with van der Waals surface area (Å²) >= 11 is 0. The Morgan fingerprint density at radius 2 is 0.677 bits per heavy atom. The lowest BCUT2D eigenvalue weighted by molar-refractivity contribution is -0.148. The van der Waals surface area contributed by atoms with Crippen molar-refractivity contribution in [1.29, 1.82) is 0 Å². The van der Waals surface area contributed by atoms with E-state index >= 15 is 0 Å². The van der Waals surface area contributed by atoms with E-state index < -0.39 is 35.7 Å². The number of rotatable bonds is 13. The van der Waals surface area contributed by atoms with Gasteiger partial charge >= 0.3 is 12.1 Å². The molecular formula is C85H39N3O5. The number of benzene rings is 19. The lowest BCUT2D eigenvalue weighted by Gasteiger charge is -2.49. The lowest BCUT2D eigenvalue weighted by atomic mass is 9.50. The number of esters is 1. The molecule has 2 spiro atoms. The predicted octanol–water partition coefficient (Wildman–Crippen LogP) is 19.7. The number of hydrogen-bond acceptors (Lipinski definition) is 6. The van der Waals surface area contributed by atoms with Gasteiger partial charge in [-0.05, 0) is 366 Å². The summed E-state index contributed by atoms with van der Waals surface area (Å²) in [5, 5.41) is 94.2. The lowest BCUT2D eigenvalue weighted by Crippen LogP contribution is -2.51. The first-order chi connectivity index (χ1) is 45.6. The first kappa shape index (κ1) is 42.1. The highest BCUT2D eigenvalue weighted by Gasteiger charge is 2.72. The number of alkyl carbamates (subject to hydrolysis) is 1. The minimum atomic E-state index is -0.902. The predicted molar refractivity (Wildman–Crippen MR) is 380 cm³/mol. The third-order valence-electron chi connectivity index (χ3n) is 29.3. The molecule has 8 nitrogen and oxygen atoms in total. The molecule has 2 amide bonds. The van der Waals surface area contributed by atoms with E-state index in [-0.39, 0.29) is 17.4 Å². The first-order valence-corrected chi connectivity index (χ1v) is 34.6. The molecule has 0 unspecified atom stereocenters. The summed E-state index contributed by atoms with van der Waals surface area (Å²) in [4.78, 5) is 43.8. The Morgan fingerprint density at radius 1 is 0.398 bits per heavy atom. The molecule has 2 atom stereocenters. The number of hydrogen-bond donors (Lipinski definition) is 2. The molecule has 0 aromatic heterocycles. The Morgan fingerprint density at radius 3 is 0.968 bits per heavy atom. The van der Waals surface area contributed by atoms with Crippen LogP contribution >= 0.6 is 0 Å². The van der Waals surface area contributed by atoms with E-state index in [1.54, 1.807) is 320 Å². The van der Waals surface area contributed by atoms with Gasteiger partial charge in [-0.3, -0.25) is 4.79 Å². The van der Waals surface area contributed by atoms with Gasteiger partial charge in [0.25, 0.3) is 0 Å². The Hall–Kier alpha value is -10.1. The van der Waals surface area contributed by atoms with Crippen LogP contribution in [0.15, 0.2) is 30.3 Å². The van der Waals surface area contributed by atoms with Crippen LogP contribution in [0.1, 0.15) is 87.6 Å². The van der Waals surface area contributed by atoms with Crippen LogP contribution in [0.5, 0.6) is 0 Å². The van der Waals surface area contributed by atoms with E-state index in [1.807, 2.05) is 51.1 Å². The molecule has 5 aliphatic rings. The van der Waals surface area contributed by atoms with Crippen molar-refractivity contribution in [2.24, 2.45) is 0 Å². The quantitative estimate of drug-likeness (QED) is 0.0678. The summed E-state index contributed by atoms with van der Waals surface area (Å²) in [5.74, 6) is -0.940. The number of amides is 2. The van der Waals surface area contributed by atoms with Crippen molar-refractivity contribution in [3.05, 3.63) is 58.1 Å². The fraction of sp³-hybridized carbons (Fsp3) is 0.212. The van der Waals surface area contributed by atoms with Crippen LogP contribution in [0.2, 0.25) is 0 Å². The summed E-state index contributed by atoms with van der Waals surface area (Å²) in [5.41, 5.74) is 6.51. The van der Waals surface area contributed by atoms with E-state index in [0.29, 0.717) is 6.42 Å². The Kier molecular flexibility index (Phi) is 4.96. The monoisotopic (exact) mass is 1180 g/mol. The number of ether oxygens (including phenoxy) is 2. The maximum atomic E-state index is 14.1. The zero-order chi connectivity index (χ0) is 58.8.